The first-order valence-corrected chi connectivity index (χ1v) is 2.80. The second-order valence-electron chi connectivity index (χ2n) is 0.289. The van der Waals surface area contributed by atoms with Crippen LogP contribution >= 0.6 is 11.8 Å². The molecule has 0 aromatic heterocycles. The van der Waals surface area contributed by atoms with Gasteiger partial charge in [0.2, 0.25) is 0 Å². The van der Waals surface area contributed by atoms with Crippen molar-refractivity contribution in [3.63, 3.8) is 0 Å². The molecule has 0 spiro atoms. The minimum absolute atomic E-state index is 0. The molecule has 0 aromatic rings. The van der Waals surface area contributed by atoms with E-state index in [1.54, 1.807) is 6.92 Å². The summed E-state index contributed by atoms with van der Waals surface area (Å²) in [5.74, 6) is 0. The van der Waals surface area contributed by atoms with E-state index in [4.69, 9.17) is 0 Å². The van der Waals surface area contributed by atoms with Crippen LogP contribution in [0.2, 0.25) is 0 Å². The van der Waals surface area contributed by atoms with Crippen LogP contribution in [-0.4, -0.2) is 6.26 Å². The van der Waals surface area contributed by atoms with Gasteiger partial charge in [0, 0.05) is 0 Å². The van der Waals surface area contributed by atoms with Gasteiger partial charge >= 0.3 is 31.1 Å². The Morgan fingerprint density at radius 3 is 1.33 bits per heavy atom. The maximum atomic E-state index is 3.40. The summed E-state index contributed by atoms with van der Waals surface area (Å²) in [4.78, 5) is 0. The summed E-state index contributed by atoms with van der Waals surface area (Å²) in [5.41, 5.74) is 0. The Labute approximate surface area is 68.8 Å². The summed E-state index contributed by atoms with van der Waals surface area (Å²) >= 11 is 1.50. The molecule has 0 bridgehead atoms. The molecule has 0 atom stereocenters. The van der Waals surface area contributed by atoms with E-state index in [9.17, 15) is 0 Å². The van der Waals surface area contributed by atoms with Gasteiger partial charge in [-0.15, -0.1) is 0 Å². The standard InChI is InChI=1S/C2H5S.C2H5.U/c1-3-2;1-2;/h1H2,2H3;1H2,2H3;/q2*-1;+2. The molecule has 0 rings (SSSR count). The molecule has 0 aromatic carbocycles. The zero-order valence-electron chi connectivity index (χ0n) is 4.32. The van der Waals surface area contributed by atoms with Gasteiger partial charge < -0.3 is 18.7 Å². The van der Waals surface area contributed by atoms with Crippen molar-refractivity contribution in [1.29, 1.82) is 0 Å². The Bertz CT molecular complexity index is 7.51. The fourth-order valence-corrected chi connectivity index (χ4v) is 0. The molecule has 0 radical (unpaired) electrons. The molecular formula is C4H10SU. The summed E-state index contributed by atoms with van der Waals surface area (Å²) in [6.07, 6.45) is 5.33. The molecule has 0 aliphatic heterocycles. The fraction of sp³-hybridized carbons (Fsp3) is 0.500. The SMILES string of the molecule is [CH2-]C.[CH2-]SC.[U+2]. The van der Waals surface area contributed by atoms with Crippen LogP contribution in [0.5, 0.6) is 0 Å². The molecule has 0 saturated carbocycles. The van der Waals surface area contributed by atoms with Gasteiger partial charge in [0.15, 0.2) is 0 Å². The fourth-order valence-electron chi connectivity index (χ4n) is 0. The van der Waals surface area contributed by atoms with E-state index in [-0.39, 0.29) is 31.1 Å². The van der Waals surface area contributed by atoms with Crippen molar-refractivity contribution in [2.24, 2.45) is 0 Å². The first kappa shape index (κ1) is 15.7. The summed E-state index contributed by atoms with van der Waals surface area (Å²) in [5, 5.41) is 0. The van der Waals surface area contributed by atoms with Gasteiger partial charge in [-0.3, -0.25) is 6.26 Å². The third-order valence-corrected chi connectivity index (χ3v) is 0. The van der Waals surface area contributed by atoms with E-state index in [1.807, 2.05) is 6.26 Å². The van der Waals surface area contributed by atoms with E-state index in [0.29, 0.717) is 0 Å². The summed E-state index contributed by atoms with van der Waals surface area (Å²) in [7, 11) is 0. The molecule has 0 unspecified atom stereocenters. The number of hydrogen-bond acceptors (Lipinski definition) is 1. The Balaban J connectivity index is -0.0000000275. The minimum Gasteiger partial charge on any atom is -0.357 e. The largest absolute Gasteiger partial charge is 2.00 e. The van der Waals surface area contributed by atoms with Crippen LogP contribution < -0.4 is 0 Å². The molecule has 0 amide bonds. The topological polar surface area (TPSA) is 0 Å². The Morgan fingerprint density at radius 1 is 1.33 bits per heavy atom. The molecule has 0 nitrogen and oxygen atoms in total. The Morgan fingerprint density at radius 2 is 1.33 bits per heavy atom. The second kappa shape index (κ2) is 32.4. The number of rotatable bonds is 0. The predicted octanol–water partition coefficient (Wildman–Crippen LogP) is 1.98. The van der Waals surface area contributed by atoms with Crippen LogP contribution in [0, 0.1) is 44.3 Å². The smallest absolute Gasteiger partial charge is 0.357 e. The van der Waals surface area contributed by atoms with E-state index in [2.05, 4.69) is 13.2 Å². The minimum atomic E-state index is 0. The first-order chi connectivity index (χ1) is 2.41. The molecule has 36 valence electrons. The average Bonchev–Trinajstić information content (AvgIpc) is 1.46. The molecule has 0 aliphatic carbocycles. The van der Waals surface area contributed by atoms with Crippen molar-refractivity contribution < 1.29 is 31.1 Å². The van der Waals surface area contributed by atoms with Crippen LogP contribution in [0.25, 0.3) is 0 Å². The third-order valence-electron chi connectivity index (χ3n) is 0. The number of hydrogen-bond donors (Lipinski definition) is 0. The van der Waals surface area contributed by atoms with E-state index in [0.717, 1.165) is 0 Å². The molecule has 0 heterocycles. The van der Waals surface area contributed by atoms with E-state index >= 15 is 0 Å². The molecule has 0 N–H and O–H groups in total. The molecule has 0 aliphatic rings. The molecule has 6 heavy (non-hydrogen) atoms. The van der Waals surface area contributed by atoms with Crippen LogP contribution in [0.15, 0.2) is 0 Å². The number of thioether (sulfide) groups is 1. The van der Waals surface area contributed by atoms with Crippen molar-refractivity contribution in [2.75, 3.05) is 6.26 Å². The predicted molar refractivity (Wildman–Crippen MR) is 29.9 cm³/mol. The van der Waals surface area contributed by atoms with Crippen LogP contribution in [0.3, 0.4) is 0 Å². The van der Waals surface area contributed by atoms with Gasteiger partial charge in [0.25, 0.3) is 0 Å². The van der Waals surface area contributed by atoms with Crippen molar-refractivity contribution in [3.8, 4) is 0 Å². The second-order valence-corrected chi connectivity index (χ2v) is 0.866. The van der Waals surface area contributed by atoms with Crippen LogP contribution in [-0.2, 0) is 0 Å². The Hall–Kier alpha value is 1.40. The maximum absolute atomic E-state index is 3.40. The van der Waals surface area contributed by atoms with Gasteiger partial charge in [-0.05, 0) is 6.26 Å². The van der Waals surface area contributed by atoms with Crippen LogP contribution in [0.4, 0.5) is 0 Å². The quantitative estimate of drug-likeness (QED) is 0.613. The maximum Gasteiger partial charge on any atom is 2.00 e. The van der Waals surface area contributed by atoms with Gasteiger partial charge in [0.1, 0.15) is 0 Å². The van der Waals surface area contributed by atoms with Crippen molar-refractivity contribution in [3.05, 3.63) is 13.2 Å². The first-order valence-electron chi connectivity index (χ1n) is 1.40. The van der Waals surface area contributed by atoms with Crippen molar-refractivity contribution in [2.45, 2.75) is 6.92 Å². The summed E-state index contributed by atoms with van der Waals surface area (Å²) in [6.45, 7) is 5.00. The molecule has 0 fully saturated rings. The van der Waals surface area contributed by atoms with Gasteiger partial charge in [-0.1, -0.05) is 0 Å². The molecule has 0 saturated heterocycles. The van der Waals surface area contributed by atoms with Crippen LogP contribution in [0.1, 0.15) is 6.92 Å². The van der Waals surface area contributed by atoms with Gasteiger partial charge in [0.05, 0.1) is 0 Å². The Kier molecular flexibility index (Phi) is 84.5. The van der Waals surface area contributed by atoms with Crippen molar-refractivity contribution in [1.82, 2.24) is 0 Å². The average molecular weight is 328 g/mol. The zero-order chi connectivity index (χ0) is 4.71. The zero-order valence-corrected chi connectivity index (χ0v) is 9.30. The van der Waals surface area contributed by atoms with E-state index < -0.39 is 0 Å². The third kappa shape index (κ3) is 53.3. The van der Waals surface area contributed by atoms with Crippen molar-refractivity contribution >= 4 is 11.8 Å². The summed E-state index contributed by atoms with van der Waals surface area (Å²) in [6, 6.07) is 0. The van der Waals surface area contributed by atoms with Gasteiger partial charge in [-0.25, -0.2) is 0 Å². The van der Waals surface area contributed by atoms with E-state index in [1.165, 1.54) is 11.8 Å². The van der Waals surface area contributed by atoms with Gasteiger partial charge in [-0.2, -0.15) is 6.92 Å². The monoisotopic (exact) mass is 328 g/mol. The molecular weight excluding hydrogens is 318 g/mol. The summed E-state index contributed by atoms with van der Waals surface area (Å²) < 4.78 is 0. The molecule has 2 heteroatoms. The normalized spacial score (nSPS) is 4.00.